The molecule has 0 aromatic carbocycles. The normalized spacial score (nSPS) is 22.9. The van der Waals surface area contributed by atoms with Crippen molar-refractivity contribution in [3.8, 4) is 0 Å². The molecule has 0 aliphatic carbocycles. The lowest BCUT2D eigenvalue weighted by Gasteiger charge is -2.20. The summed E-state index contributed by atoms with van der Waals surface area (Å²) in [6.45, 7) is 3.09. The van der Waals surface area contributed by atoms with E-state index in [1.54, 1.807) is 0 Å². The van der Waals surface area contributed by atoms with Crippen molar-refractivity contribution in [1.29, 1.82) is 0 Å². The van der Waals surface area contributed by atoms with E-state index in [1.165, 1.54) is 83.5 Å². The highest BCUT2D eigenvalue weighted by molar-refractivity contribution is 4.87. The summed E-state index contributed by atoms with van der Waals surface area (Å²) in [6, 6.07) is 0. The van der Waals surface area contributed by atoms with Gasteiger partial charge in [-0.1, -0.05) is 83.3 Å². The molecular weight excluding hydrogens is 380 g/mol. The van der Waals surface area contributed by atoms with Crippen LogP contribution in [0.1, 0.15) is 103 Å². The lowest BCUT2D eigenvalue weighted by atomic mass is 10.1. The lowest BCUT2D eigenvalue weighted by Crippen LogP contribution is -2.40. The number of aliphatic hydroxyl groups excluding tert-OH is 3. The van der Waals surface area contributed by atoms with Crippen LogP contribution in [0.4, 0.5) is 0 Å². The fraction of sp³-hybridized carbons (Fsp3) is 0.920. The van der Waals surface area contributed by atoms with Gasteiger partial charge in [0, 0.05) is 6.61 Å². The summed E-state index contributed by atoms with van der Waals surface area (Å²) in [7, 11) is 0. The number of unbranched alkanes of at least 4 members (excludes halogenated alkanes) is 13. The van der Waals surface area contributed by atoms with Crippen LogP contribution >= 0.6 is 0 Å². The number of rotatable bonds is 20. The summed E-state index contributed by atoms with van der Waals surface area (Å²) in [5.41, 5.74) is 0. The molecule has 0 saturated carbocycles. The van der Waals surface area contributed by atoms with E-state index in [1.807, 2.05) is 0 Å². The van der Waals surface area contributed by atoms with Crippen LogP contribution in [0.3, 0.4) is 0 Å². The zero-order valence-electron chi connectivity index (χ0n) is 19.4. The third-order valence-electron chi connectivity index (χ3n) is 5.91. The molecule has 0 unspecified atom stereocenters. The molecule has 1 rings (SSSR count). The van der Waals surface area contributed by atoms with Gasteiger partial charge in [0.2, 0.25) is 0 Å². The van der Waals surface area contributed by atoms with E-state index in [4.69, 9.17) is 9.47 Å². The zero-order chi connectivity index (χ0) is 21.9. The van der Waals surface area contributed by atoms with Crippen LogP contribution in [0.5, 0.6) is 0 Å². The van der Waals surface area contributed by atoms with Crippen molar-refractivity contribution >= 4 is 0 Å². The van der Waals surface area contributed by atoms with Gasteiger partial charge in [-0.05, 0) is 32.1 Å². The van der Waals surface area contributed by atoms with Gasteiger partial charge in [0.05, 0.1) is 13.2 Å². The molecular formula is C25H48O5. The van der Waals surface area contributed by atoms with E-state index in [0.717, 1.165) is 12.8 Å². The maximum atomic E-state index is 9.95. The molecule has 1 fully saturated rings. The Labute approximate surface area is 184 Å². The number of hydrogen-bond donors (Lipinski definition) is 3. The number of allylic oxidation sites excluding steroid dienone is 2. The van der Waals surface area contributed by atoms with Crippen molar-refractivity contribution in [1.82, 2.24) is 0 Å². The first-order valence-electron chi connectivity index (χ1n) is 12.5. The number of aliphatic hydroxyl groups is 3. The van der Waals surface area contributed by atoms with Crippen molar-refractivity contribution in [3.63, 3.8) is 0 Å². The summed E-state index contributed by atoms with van der Waals surface area (Å²) in [4.78, 5) is 0. The standard InChI is InChI=1S/C25H48O5/c1-2-3-4-5-6-7-8-9-10-11-12-13-14-15-16-17-18-19-29-20-23(27)25-24(28)22(26)21-30-25/h10-11,22-28H,2-9,12-21H2,1H3/b11-10+/t22-,23+,24-,25-/m0/s1. The predicted octanol–water partition coefficient (Wildman–Crippen LogP) is 4.91. The van der Waals surface area contributed by atoms with E-state index in [9.17, 15) is 15.3 Å². The smallest absolute Gasteiger partial charge is 0.114 e. The maximum absolute atomic E-state index is 9.95. The maximum Gasteiger partial charge on any atom is 0.114 e. The first-order valence-corrected chi connectivity index (χ1v) is 12.5. The second-order valence-corrected chi connectivity index (χ2v) is 8.79. The fourth-order valence-corrected chi connectivity index (χ4v) is 3.89. The number of ether oxygens (including phenoxy) is 2. The van der Waals surface area contributed by atoms with E-state index in [0.29, 0.717) is 6.61 Å². The molecule has 1 aliphatic rings. The largest absolute Gasteiger partial charge is 0.388 e. The molecule has 30 heavy (non-hydrogen) atoms. The molecule has 3 N–H and O–H groups in total. The van der Waals surface area contributed by atoms with Crippen molar-refractivity contribution in [2.24, 2.45) is 0 Å². The molecule has 0 bridgehead atoms. The van der Waals surface area contributed by atoms with Gasteiger partial charge in [-0.25, -0.2) is 0 Å². The molecule has 0 aromatic heterocycles. The summed E-state index contributed by atoms with van der Waals surface area (Å²) >= 11 is 0. The van der Waals surface area contributed by atoms with Crippen LogP contribution in [0, 0.1) is 0 Å². The molecule has 178 valence electrons. The SMILES string of the molecule is CCCCCCCCC/C=C/CCCCCCCCOC[C@@H](O)[C@@H]1OC[C@H](O)[C@@H]1O. The van der Waals surface area contributed by atoms with Crippen molar-refractivity contribution < 1.29 is 24.8 Å². The highest BCUT2D eigenvalue weighted by Gasteiger charge is 2.39. The van der Waals surface area contributed by atoms with Crippen LogP contribution in [-0.4, -0.2) is 59.6 Å². The first kappa shape index (κ1) is 27.6. The first-order chi connectivity index (χ1) is 14.7. The Kier molecular flexibility index (Phi) is 17.7. The van der Waals surface area contributed by atoms with Gasteiger partial charge in [0.25, 0.3) is 0 Å². The van der Waals surface area contributed by atoms with Gasteiger partial charge < -0.3 is 24.8 Å². The Hall–Kier alpha value is -0.460. The monoisotopic (exact) mass is 428 g/mol. The van der Waals surface area contributed by atoms with E-state index >= 15 is 0 Å². The third-order valence-corrected chi connectivity index (χ3v) is 5.91. The lowest BCUT2D eigenvalue weighted by molar-refractivity contribution is -0.0813. The van der Waals surface area contributed by atoms with E-state index in [-0.39, 0.29) is 13.2 Å². The summed E-state index contributed by atoms with van der Waals surface area (Å²) < 4.78 is 10.7. The van der Waals surface area contributed by atoms with Crippen LogP contribution in [0.15, 0.2) is 12.2 Å². The van der Waals surface area contributed by atoms with Crippen LogP contribution in [0.25, 0.3) is 0 Å². The summed E-state index contributed by atoms with van der Waals surface area (Å²) in [5, 5.41) is 29.1. The van der Waals surface area contributed by atoms with Gasteiger partial charge in [-0.3, -0.25) is 0 Å². The molecule has 1 saturated heterocycles. The van der Waals surface area contributed by atoms with Gasteiger partial charge in [-0.15, -0.1) is 0 Å². The third kappa shape index (κ3) is 13.8. The average molecular weight is 429 g/mol. The average Bonchev–Trinajstić information content (AvgIpc) is 3.08. The minimum Gasteiger partial charge on any atom is -0.388 e. The fourth-order valence-electron chi connectivity index (χ4n) is 3.89. The summed E-state index contributed by atoms with van der Waals surface area (Å²) in [5.74, 6) is 0. The van der Waals surface area contributed by atoms with Gasteiger partial charge in [-0.2, -0.15) is 0 Å². The predicted molar refractivity (Wildman–Crippen MR) is 123 cm³/mol. The Bertz CT molecular complexity index is 401. The van der Waals surface area contributed by atoms with E-state index in [2.05, 4.69) is 19.1 Å². The second-order valence-electron chi connectivity index (χ2n) is 8.79. The van der Waals surface area contributed by atoms with Crippen molar-refractivity contribution in [2.45, 2.75) is 128 Å². The molecule has 1 aliphatic heterocycles. The molecule has 5 heteroatoms. The molecule has 4 atom stereocenters. The zero-order valence-corrected chi connectivity index (χ0v) is 19.4. The van der Waals surface area contributed by atoms with Gasteiger partial charge in [0.15, 0.2) is 0 Å². The summed E-state index contributed by atoms with van der Waals surface area (Å²) in [6.07, 6.45) is 20.5. The number of hydrogen-bond acceptors (Lipinski definition) is 5. The molecule has 0 radical (unpaired) electrons. The van der Waals surface area contributed by atoms with Crippen LogP contribution in [-0.2, 0) is 9.47 Å². The quantitative estimate of drug-likeness (QED) is 0.190. The van der Waals surface area contributed by atoms with Crippen molar-refractivity contribution in [2.75, 3.05) is 19.8 Å². The Balaban J connectivity index is 1.77. The highest BCUT2D eigenvalue weighted by Crippen LogP contribution is 2.18. The molecule has 0 spiro atoms. The Morgan fingerprint density at radius 1 is 0.833 bits per heavy atom. The van der Waals surface area contributed by atoms with Crippen LogP contribution in [0.2, 0.25) is 0 Å². The van der Waals surface area contributed by atoms with Gasteiger partial charge in [0.1, 0.15) is 24.4 Å². The van der Waals surface area contributed by atoms with E-state index < -0.39 is 24.4 Å². The van der Waals surface area contributed by atoms with Crippen molar-refractivity contribution in [3.05, 3.63) is 12.2 Å². The minimum absolute atomic E-state index is 0.0673. The topological polar surface area (TPSA) is 79.2 Å². The Morgan fingerprint density at radius 3 is 1.90 bits per heavy atom. The highest BCUT2D eigenvalue weighted by atomic mass is 16.5. The molecule has 5 nitrogen and oxygen atoms in total. The van der Waals surface area contributed by atoms with Crippen LogP contribution < -0.4 is 0 Å². The van der Waals surface area contributed by atoms with Gasteiger partial charge >= 0.3 is 0 Å². The molecule has 1 heterocycles. The second kappa shape index (κ2) is 19.2. The Morgan fingerprint density at radius 2 is 1.37 bits per heavy atom. The molecule has 0 aromatic rings. The minimum atomic E-state index is -1.03. The molecule has 0 amide bonds.